The average molecular weight is 422 g/mol. The van der Waals surface area contributed by atoms with Crippen LogP contribution in [-0.4, -0.2) is 19.7 Å². The summed E-state index contributed by atoms with van der Waals surface area (Å²) >= 11 is 11.3. The van der Waals surface area contributed by atoms with Gasteiger partial charge < -0.3 is 15.5 Å². The number of anilines is 1. The Kier molecular flexibility index (Phi) is 4.15. The van der Waals surface area contributed by atoms with E-state index in [1.54, 1.807) is 4.68 Å². The maximum Gasteiger partial charge on any atom is 0.231 e. The highest BCUT2D eigenvalue weighted by Crippen LogP contribution is 2.50. The zero-order valence-electron chi connectivity index (χ0n) is 15.4. The van der Waals surface area contributed by atoms with Gasteiger partial charge in [-0.2, -0.15) is 10.1 Å². The third-order valence-corrected chi connectivity index (χ3v) is 5.45. The number of nitrogens with one attached hydrogen (secondary N) is 1. The van der Waals surface area contributed by atoms with Crippen LogP contribution in [0.15, 0.2) is 54.6 Å². The summed E-state index contributed by atoms with van der Waals surface area (Å²) in [5, 5.41) is 5.42. The number of aromatic nitrogens is 4. The number of fused-ring (bicyclic) bond motifs is 2. The molecule has 5 rings (SSSR count). The Balaban J connectivity index is 1.81. The normalized spacial score (nSPS) is 14.8. The lowest BCUT2D eigenvalue weighted by Gasteiger charge is -2.27. The highest BCUT2D eigenvalue weighted by molar-refractivity contribution is 7.71. The number of halogens is 1. The summed E-state index contributed by atoms with van der Waals surface area (Å²) in [4.78, 5) is 7.35. The molecule has 3 heterocycles. The van der Waals surface area contributed by atoms with Crippen molar-refractivity contribution in [2.75, 3.05) is 5.73 Å². The lowest BCUT2D eigenvalue weighted by Crippen LogP contribution is -2.17. The van der Waals surface area contributed by atoms with E-state index in [0.717, 1.165) is 28.1 Å². The number of aryl methyl sites for hydroxylation is 1. The summed E-state index contributed by atoms with van der Waals surface area (Å²) in [5.41, 5.74) is 10.7. The average Bonchev–Trinajstić information content (AvgIpc) is 3.04. The molecule has 8 heteroatoms. The number of nitrogens with zero attached hydrogens (tertiary/aromatic N) is 3. The van der Waals surface area contributed by atoms with Gasteiger partial charge in [-0.15, -0.1) is 0 Å². The van der Waals surface area contributed by atoms with Crippen molar-refractivity contribution in [3.8, 4) is 17.4 Å². The zero-order valence-corrected chi connectivity index (χ0v) is 17.0. The topological polar surface area (TPSA) is 81.8 Å². The van der Waals surface area contributed by atoms with Crippen molar-refractivity contribution >= 4 is 29.6 Å². The second-order valence-corrected chi connectivity index (χ2v) is 7.64. The summed E-state index contributed by atoms with van der Waals surface area (Å²) in [5.74, 6) is 1.20. The summed E-state index contributed by atoms with van der Waals surface area (Å²) in [6.07, 6.45) is 0. The van der Waals surface area contributed by atoms with Crippen LogP contribution in [0.5, 0.6) is 11.8 Å². The molecule has 0 radical (unpaired) electrons. The van der Waals surface area contributed by atoms with Crippen LogP contribution in [0.3, 0.4) is 0 Å². The van der Waals surface area contributed by atoms with E-state index in [-0.39, 0.29) is 10.7 Å². The van der Waals surface area contributed by atoms with Crippen molar-refractivity contribution in [1.82, 2.24) is 19.7 Å². The molecule has 0 bridgehead atoms. The first-order valence-electron chi connectivity index (χ1n) is 9.01. The van der Waals surface area contributed by atoms with Crippen LogP contribution in [0.2, 0.25) is 5.02 Å². The Morgan fingerprint density at radius 3 is 2.55 bits per heavy atom. The third kappa shape index (κ3) is 2.90. The fourth-order valence-corrected chi connectivity index (χ4v) is 4.07. The molecular formula is C21H16ClN5OS. The highest BCUT2D eigenvalue weighted by Gasteiger charge is 2.37. The minimum atomic E-state index is -0.220. The Hall–Kier alpha value is -3.16. The van der Waals surface area contributed by atoms with Crippen molar-refractivity contribution in [2.24, 2.45) is 0 Å². The molecule has 4 aromatic rings. The Morgan fingerprint density at radius 1 is 1.10 bits per heavy atom. The molecule has 2 aromatic carbocycles. The van der Waals surface area contributed by atoms with E-state index in [4.69, 9.17) is 39.4 Å². The largest absolute Gasteiger partial charge is 0.420 e. The Labute approximate surface area is 176 Å². The van der Waals surface area contributed by atoms with E-state index < -0.39 is 0 Å². The van der Waals surface area contributed by atoms with Gasteiger partial charge in [-0.05, 0) is 49.0 Å². The van der Waals surface area contributed by atoms with Crippen LogP contribution in [0.4, 0.5) is 5.82 Å². The molecule has 2 aromatic heterocycles. The molecule has 0 spiro atoms. The molecule has 0 aliphatic carbocycles. The minimum absolute atomic E-state index is 0.220. The first-order valence-corrected chi connectivity index (χ1v) is 9.79. The van der Waals surface area contributed by atoms with Crippen LogP contribution < -0.4 is 10.5 Å². The van der Waals surface area contributed by atoms with E-state index in [2.05, 4.69) is 9.97 Å². The van der Waals surface area contributed by atoms with Gasteiger partial charge >= 0.3 is 0 Å². The van der Waals surface area contributed by atoms with Gasteiger partial charge in [-0.25, -0.2) is 4.68 Å². The van der Waals surface area contributed by atoms with Crippen molar-refractivity contribution in [3.63, 3.8) is 0 Å². The molecular weight excluding hydrogens is 406 g/mol. The van der Waals surface area contributed by atoms with Crippen LogP contribution >= 0.6 is 23.8 Å². The highest BCUT2D eigenvalue weighted by atomic mass is 35.5. The van der Waals surface area contributed by atoms with Crippen LogP contribution in [0.25, 0.3) is 5.69 Å². The number of nitrogen functional groups attached to an aromatic ring is 1. The number of rotatable bonds is 2. The minimum Gasteiger partial charge on any atom is -0.420 e. The van der Waals surface area contributed by atoms with Gasteiger partial charge in [0.05, 0.1) is 28.4 Å². The molecule has 29 heavy (non-hydrogen) atoms. The summed E-state index contributed by atoms with van der Waals surface area (Å²) in [6.45, 7) is 1.96. The predicted octanol–water partition coefficient (Wildman–Crippen LogP) is 5.15. The fraction of sp³-hybridized carbons (Fsp3) is 0.0952. The molecule has 1 aliphatic heterocycles. The van der Waals surface area contributed by atoms with Gasteiger partial charge in [0.1, 0.15) is 5.82 Å². The first-order chi connectivity index (χ1) is 14.0. The summed E-state index contributed by atoms with van der Waals surface area (Å²) in [6, 6.07) is 17.5. The number of para-hydroxylation sites is 1. The molecule has 1 atom stereocenters. The maximum atomic E-state index is 6.33. The Bertz CT molecular complexity index is 1280. The molecule has 1 unspecified atom stereocenters. The smallest absolute Gasteiger partial charge is 0.231 e. The molecule has 1 aliphatic rings. The predicted molar refractivity (Wildman–Crippen MR) is 115 cm³/mol. The van der Waals surface area contributed by atoms with Crippen LogP contribution in [-0.2, 0) is 0 Å². The van der Waals surface area contributed by atoms with E-state index in [1.165, 1.54) is 0 Å². The maximum absolute atomic E-state index is 6.33. The van der Waals surface area contributed by atoms with E-state index in [0.29, 0.717) is 22.6 Å². The van der Waals surface area contributed by atoms with Gasteiger partial charge in [0.25, 0.3) is 0 Å². The van der Waals surface area contributed by atoms with Crippen molar-refractivity contribution in [2.45, 2.75) is 12.8 Å². The van der Waals surface area contributed by atoms with Gasteiger partial charge in [-0.1, -0.05) is 41.9 Å². The SMILES string of the molecule is Cc1nn(-c2ccccc2)c2c1C(c1ccc(Cl)cc1)c1c(nc(=S)[nH]c1N)O2. The fourth-order valence-electron chi connectivity index (χ4n) is 3.75. The van der Waals surface area contributed by atoms with Crippen molar-refractivity contribution < 1.29 is 4.74 Å². The zero-order chi connectivity index (χ0) is 20.1. The van der Waals surface area contributed by atoms with E-state index in [1.807, 2.05) is 61.5 Å². The molecule has 144 valence electrons. The number of nitrogens with two attached hydrogens (primary N) is 1. The van der Waals surface area contributed by atoms with Gasteiger partial charge in [0, 0.05) is 5.02 Å². The standard InChI is InChI=1S/C21H16ClN5OS/c1-11-15-16(12-7-9-13(22)10-8-12)17-18(23)24-21(29)25-19(17)28-20(15)27(26-11)14-5-3-2-4-6-14/h2-10,16H,1H3,(H3,23,24,25,29). The molecule has 0 saturated heterocycles. The molecule has 6 nitrogen and oxygen atoms in total. The summed E-state index contributed by atoms with van der Waals surface area (Å²) < 4.78 is 8.27. The van der Waals surface area contributed by atoms with Crippen LogP contribution in [0, 0.1) is 11.7 Å². The number of H-pyrrole nitrogens is 1. The number of ether oxygens (including phenoxy) is 1. The lowest BCUT2D eigenvalue weighted by molar-refractivity contribution is 0.402. The van der Waals surface area contributed by atoms with Crippen molar-refractivity contribution in [3.05, 3.63) is 86.8 Å². The first kappa shape index (κ1) is 17.9. The van der Waals surface area contributed by atoms with Gasteiger partial charge in [0.2, 0.25) is 16.5 Å². The number of hydrogen-bond donors (Lipinski definition) is 2. The number of aromatic amines is 1. The lowest BCUT2D eigenvalue weighted by atomic mass is 9.84. The molecule has 0 saturated carbocycles. The van der Waals surface area contributed by atoms with E-state index >= 15 is 0 Å². The summed E-state index contributed by atoms with van der Waals surface area (Å²) in [7, 11) is 0. The monoisotopic (exact) mass is 421 g/mol. The number of hydrogen-bond acceptors (Lipinski definition) is 5. The molecule has 0 amide bonds. The second-order valence-electron chi connectivity index (χ2n) is 6.81. The van der Waals surface area contributed by atoms with Gasteiger partial charge in [0.15, 0.2) is 0 Å². The second kappa shape index (κ2) is 6.72. The van der Waals surface area contributed by atoms with Gasteiger partial charge in [-0.3, -0.25) is 0 Å². The molecule has 3 N–H and O–H groups in total. The van der Waals surface area contributed by atoms with Crippen LogP contribution in [0.1, 0.15) is 28.3 Å². The quantitative estimate of drug-likeness (QED) is 0.385. The Morgan fingerprint density at radius 2 is 1.83 bits per heavy atom. The van der Waals surface area contributed by atoms with Crippen molar-refractivity contribution in [1.29, 1.82) is 0 Å². The third-order valence-electron chi connectivity index (χ3n) is 5.00. The van der Waals surface area contributed by atoms with E-state index in [9.17, 15) is 0 Å². The molecule has 0 fully saturated rings. The number of benzene rings is 2.